The molecule has 0 unspecified atom stereocenters. The summed E-state index contributed by atoms with van der Waals surface area (Å²) in [5, 5.41) is 8.84. The molecule has 0 atom stereocenters. The van der Waals surface area contributed by atoms with Crippen LogP contribution in [0.25, 0.3) is 0 Å². The van der Waals surface area contributed by atoms with E-state index in [1.165, 1.54) is 24.3 Å². The van der Waals surface area contributed by atoms with Crippen LogP contribution in [0.1, 0.15) is 27.6 Å². The monoisotopic (exact) mass is 377 g/mol. The van der Waals surface area contributed by atoms with Gasteiger partial charge in [-0.05, 0) is 26.0 Å². The lowest BCUT2D eigenvalue weighted by atomic mass is 10.1. The molecule has 0 saturated heterocycles. The van der Waals surface area contributed by atoms with Crippen LogP contribution in [0.5, 0.6) is 0 Å². The number of halogens is 3. The van der Waals surface area contributed by atoms with Gasteiger partial charge in [0, 0.05) is 12.1 Å². The Morgan fingerprint density at radius 2 is 1.81 bits per heavy atom. The number of aryl methyl sites for hydroxylation is 2. The van der Waals surface area contributed by atoms with Gasteiger partial charge < -0.3 is 15.2 Å². The maximum atomic E-state index is 13.1. The Balaban J connectivity index is 1.85. The molecule has 140 valence electrons. The Morgan fingerprint density at radius 1 is 1.07 bits per heavy atom. The van der Waals surface area contributed by atoms with Gasteiger partial charge in [-0.15, -0.1) is 0 Å². The lowest BCUT2D eigenvalue weighted by Gasteiger charge is -2.13. The lowest BCUT2D eigenvalue weighted by molar-refractivity contribution is -0.136. The van der Waals surface area contributed by atoms with E-state index in [0.29, 0.717) is 11.6 Å². The van der Waals surface area contributed by atoms with Gasteiger partial charge >= 0.3 is 6.18 Å². The summed E-state index contributed by atoms with van der Waals surface area (Å²) >= 11 is 0. The summed E-state index contributed by atoms with van der Waals surface area (Å²) in [7, 11) is 0. The molecule has 0 saturated carbocycles. The fraction of sp³-hybridized carbons (Fsp3) is 0.176. The third-order valence-corrected chi connectivity index (χ3v) is 3.44. The van der Waals surface area contributed by atoms with Crippen molar-refractivity contribution in [3.8, 4) is 0 Å². The van der Waals surface area contributed by atoms with Gasteiger partial charge in [0.1, 0.15) is 23.1 Å². The number of para-hydroxylation sites is 1. The molecular weight excluding hydrogens is 363 g/mol. The van der Waals surface area contributed by atoms with Gasteiger partial charge in [0.05, 0.1) is 11.3 Å². The average Bonchev–Trinajstić information content (AvgIpc) is 2.98. The van der Waals surface area contributed by atoms with Gasteiger partial charge in [0.15, 0.2) is 5.82 Å². The Morgan fingerprint density at radius 3 is 2.48 bits per heavy atom. The third-order valence-electron chi connectivity index (χ3n) is 3.44. The van der Waals surface area contributed by atoms with Crippen LogP contribution in [0.4, 0.5) is 30.5 Å². The van der Waals surface area contributed by atoms with E-state index >= 15 is 0 Å². The Hall–Kier alpha value is -3.43. The Labute approximate surface area is 151 Å². The van der Waals surface area contributed by atoms with Crippen molar-refractivity contribution in [2.24, 2.45) is 0 Å². The van der Waals surface area contributed by atoms with Crippen LogP contribution >= 0.6 is 0 Å². The number of hydrogen-bond donors (Lipinski definition) is 2. The van der Waals surface area contributed by atoms with Crippen LogP contribution < -0.4 is 10.6 Å². The number of aromatic nitrogens is 3. The number of anilines is 3. The Bertz CT molecular complexity index is 985. The van der Waals surface area contributed by atoms with Crippen molar-refractivity contribution in [2.75, 3.05) is 10.6 Å². The molecule has 3 aromatic rings. The van der Waals surface area contributed by atoms with E-state index in [4.69, 9.17) is 4.52 Å². The molecule has 0 aliphatic carbocycles. The third kappa shape index (κ3) is 4.40. The molecule has 0 fully saturated rings. The zero-order valence-corrected chi connectivity index (χ0v) is 14.3. The highest BCUT2D eigenvalue weighted by atomic mass is 19.4. The second kappa shape index (κ2) is 7.06. The lowest BCUT2D eigenvalue weighted by Crippen LogP contribution is -2.18. The summed E-state index contributed by atoms with van der Waals surface area (Å²) in [5.74, 6) is 0.667. The van der Waals surface area contributed by atoms with E-state index in [0.717, 1.165) is 6.07 Å². The summed E-state index contributed by atoms with van der Waals surface area (Å²) in [6.07, 6.45) is -4.59. The van der Waals surface area contributed by atoms with Gasteiger partial charge in [0.25, 0.3) is 5.91 Å². The fourth-order valence-corrected chi connectivity index (χ4v) is 2.33. The summed E-state index contributed by atoms with van der Waals surface area (Å²) in [5.41, 5.74) is -1.39. The second-order valence-corrected chi connectivity index (χ2v) is 5.63. The first-order valence-corrected chi connectivity index (χ1v) is 7.76. The molecule has 0 spiro atoms. The van der Waals surface area contributed by atoms with Crippen molar-refractivity contribution in [1.82, 2.24) is 15.1 Å². The highest BCUT2D eigenvalue weighted by Gasteiger charge is 2.33. The minimum Gasteiger partial charge on any atom is -0.360 e. The number of amides is 1. The highest BCUT2D eigenvalue weighted by Crippen LogP contribution is 2.34. The molecule has 0 aliphatic rings. The summed E-state index contributed by atoms with van der Waals surface area (Å²) in [6.45, 7) is 3.26. The van der Waals surface area contributed by atoms with Gasteiger partial charge in [0.2, 0.25) is 0 Å². The molecule has 3 rings (SSSR count). The second-order valence-electron chi connectivity index (χ2n) is 5.63. The molecule has 2 heterocycles. The number of carbonyl (C=O) groups is 1. The quantitative estimate of drug-likeness (QED) is 0.711. The van der Waals surface area contributed by atoms with Crippen LogP contribution in [0.3, 0.4) is 0 Å². The van der Waals surface area contributed by atoms with Crippen molar-refractivity contribution in [3.05, 3.63) is 59.2 Å². The molecule has 0 bridgehead atoms. The van der Waals surface area contributed by atoms with Crippen molar-refractivity contribution in [1.29, 1.82) is 0 Å². The van der Waals surface area contributed by atoms with E-state index in [1.807, 2.05) is 0 Å². The summed E-state index contributed by atoms with van der Waals surface area (Å²) in [4.78, 5) is 20.5. The van der Waals surface area contributed by atoms with Crippen LogP contribution in [-0.2, 0) is 6.18 Å². The molecule has 0 aliphatic heterocycles. The summed E-state index contributed by atoms with van der Waals surface area (Å²) < 4.78 is 44.1. The van der Waals surface area contributed by atoms with E-state index in [9.17, 15) is 18.0 Å². The van der Waals surface area contributed by atoms with Gasteiger partial charge in [-0.3, -0.25) is 4.79 Å². The minimum absolute atomic E-state index is 0.0952. The van der Waals surface area contributed by atoms with Crippen molar-refractivity contribution in [3.63, 3.8) is 0 Å². The van der Waals surface area contributed by atoms with Crippen LogP contribution in [0, 0.1) is 13.8 Å². The first-order chi connectivity index (χ1) is 12.7. The molecule has 10 heteroatoms. The fourth-order valence-electron chi connectivity index (χ4n) is 2.33. The molecule has 2 aromatic heterocycles. The molecule has 2 N–H and O–H groups in total. The molecule has 1 amide bonds. The standard InChI is InChI=1S/C17H14F3N5O2/c1-9-7-15(25-27-9)24-14-8-13(21-10(2)22-14)16(26)23-12-6-4-3-5-11(12)17(18,19)20/h3-8H,1-2H3,(H,23,26)(H,21,22,24,25). The molecule has 7 nitrogen and oxygen atoms in total. The molecule has 0 radical (unpaired) electrons. The number of nitrogens with one attached hydrogen (secondary N) is 2. The number of nitrogens with zero attached hydrogens (tertiary/aromatic N) is 3. The van der Waals surface area contributed by atoms with E-state index in [1.54, 1.807) is 19.9 Å². The van der Waals surface area contributed by atoms with Crippen molar-refractivity contribution >= 4 is 23.2 Å². The zero-order valence-electron chi connectivity index (χ0n) is 14.3. The average molecular weight is 377 g/mol. The van der Waals surface area contributed by atoms with Crippen LogP contribution in [-0.4, -0.2) is 21.0 Å². The molecule has 27 heavy (non-hydrogen) atoms. The van der Waals surface area contributed by atoms with E-state index in [-0.39, 0.29) is 23.0 Å². The number of carbonyl (C=O) groups excluding carboxylic acids is 1. The van der Waals surface area contributed by atoms with Crippen molar-refractivity contribution in [2.45, 2.75) is 20.0 Å². The Kier molecular flexibility index (Phi) is 4.80. The van der Waals surface area contributed by atoms with Crippen molar-refractivity contribution < 1.29 is 22.5 Å². The first-order valence-electron chi connectivity index (χ1n) is 7.76. The number of benzene rings is 1. The number of hydrogen-bond acceptors (Lipinski definition) is 6. The van der Waals surface area contributed by atoms with Crippen LogP contribution in [0.2, 0.25) is 0 Å². The van der Waals surface area contributed by atoms with Gasteiger partial charge in [-0.2, -0.15) is 13.2 Å². The molecule has 1 aromatic carbocycles. The van der Waals surface area contributed by atoms with E-state index in [2.05, 4.69) is 25.8 Å². The number of alkyl halides is 3. The first kappa shape index (κ1) is 18.4. The minimum atomic E-state index is -4.59. The maximum Gasteiger partial charge on any atom is 0.418 e. The normalized spacial score (nSPS) is 11.3. The summed E-state index contributed by atoms with van der Waals surface area (Å²) in [6, 6.07) is 7.64. The zero-order chi connectivity index (χ0) is 19.6. The van der Waals surface area contributed by atoms with Gasteiger partial charge in [-0.1, -0.05) is 17.3 Å². The SMILES string of the molecule is Cc1nc(Nc2cc(C)on2)cc(C(=O)Nc2ccccc2C(F)(F)F)n1. The van der Waals surface area contributed by atoms with E-state index < -0.39 is 17.6 Å². The topological polar surface area (TPSA) is 92.9 Å². The number of rotatable bonds is 4. The van der Waals surface area contributed by atoms with Crippen LogP contribution in [0.15, 0.2) is 40.9 Å². The molecular formula is C17H14F3N5O2. The smallest absolute Gasteiger partial charge is 0.360 e. The highest BCUT2D eigenvalue weighted by molar-refractivity contribution is 6.03. The largest absolute Gasteiger partial charge is 0.418 e. The van der Waals surface area contributed by atoms with Gasteiger partial charge in [-0.25, -0.2) is 9.97 Å². The predicted molar refractivity (Wildman–Crippen MR) is 90.7 cm³/mol. The maximum absolute atomic E-state index is 13.1. The predicted octanol–water partition coefficient (Wildman–Crippen LogP) is 4.10.